The normalized spacial score (nSPS) is 10.4. The molecule has 114 valence electrons. The number of carbonyl (C=O) groups is 2. The summed E-state index contributed by atoms with van der Waals surface area (Å²) < 4.78 is 14.9. The minimum absolute atomic E-state index is 0.0555. The maximum atomic E-state index is 11.3. The predicted molar refractivity (Wildman–Crippen MR) is 77.7 cm³/mol. The molecule has 0 aliphatic carbocycles. The fourth-order valence-corrected chi connectivity index (χ4v) is 1.48. The molecule has 6 nitrogen and oxygen atoms in total. The summed E-state index contributed by atoms with van der Waals surface area (Å²) in [7, 11) is 0. The Balaban J connectivity index is 2.60. The van der Waals surface area contributed by atoms with Crippen LogP contribution in [0.4, 0.5) is 0 Å². The molecule has 0 saturated heterocycles. The molecular weight excluding hydrogens is 274 g/mol. The van der Waals surface area contributed by atoms with Crippen molar-refractivity contribution in [1.82, 2.24) is 0 Å². The van der Waals surface area contributed by atoms with Crippen molar-refractivity contribution in [3.63, 3.8) is 0 Å². The van der Waals surface area contributed by atoms with Crippen molar-refractivity contribution in [2.75, 3.05) is 26.4 Å². The highest BCUT2D eigenvalue weighted by molar-refractivity contribution is 5.85. The van der Waals surface area contributed by atoms with E-state index in [4.69, 9.17) is 14.2 Å². The Labute approximate surface area is 123 Å². The molecule has 0 unspecified atom stereocenters. The fourth-order valence-electron chi connectivity index (χ4n) is 1.48. The molecule has 0 fully saturated rings. The van der Waals surface area contributed by atoms with Crippen LogP contribution in [0.1, 0.15) is 19.4 Å². The van der Waals surface area contributed by atoms with Crippen molar-refractivity contribution < 1.29 is 23.8 Å². The molecule has 1 aromatic rings. The van der Waals surface area contributed by atoms with Crippen LogP contribution in [0.15, 0.2) is 29.3 Å². The van der Waals surface area contributed by atoms with Gasteiger partial charge in [0.2, 0.25) is 0 Å². The summed E-state index contributed by atoms with van der Waals surface area (Å²) in [5, 5.41) is 0. The molecule has 21 heavy (non-hydrogen) atoms. The average molecular weight is 293 g/mol. The van der Waals surface area contributed by atoms with Gasteiger partial charge in [0, 0.05) is 11.8 Å². The van der Waals surface area contributed by atoms with E-state index in [0.717, 1.165) is 0 Å². The molecular formula is C15H19NO5. The van der Waals surface area contributed by atoms with E-state index in [1.165, 1.54) is 6.21 Å². The number of hydrogen-bond acceptors (Lipinski definition) is 6. The van der Waals surface area contributed by atoms with Crippen molar-refractivity contribution in [2.45, 2.75) is 13.8 Å². The number of ether oxygens (including phenoxy) is 3. The summed E-state index contributed by atoms with van der Waals surface area (Å²) in [5.74, 6) is -0.326. The molecule has 1 aromatic carbocycles. The molecule has 0 radical (unpaired) electrons. The molecule has 0 saturated carbocycles. The number of carbonyl (C=O) groups excluding carboxylic acids is 2. The predicted octanol–water partition coefficient (Wildman–Crippen LogP) is 1.61. The third-order valence-corrected chi connectivity index (χ3v) is 2.33. The summed E-state index contributed by atoms with van der Waals surface area (Å²) in [6.07, 6.45) is 1.51. The molecule has 6 heteroatoms. The Hall–Kier alpha value is -2.37. The number of para-hydroxylation sites is 1. The molecule has 0 aromatic heterocycles. The van der Waals surface area contributed by atoms with Gasteiger partial charge in [-0.25, -0.2) is 4.79 Å². The van der Waals surface area contributed by atoms with Crippen molar-refractivity contribution in [3.05, 3.63) is 29.8 Å². The van der Waals surface area contributed by atoms with E-state index in [1.54, 1.807) is 32.0 Å². The highest BCUT2D eigenvalue weighted by Gasteiger charge is 2.06. The van der Waals surface area contributed by atoms with Crippen LogP contribution in [-0.2, 0) is 19.1 Å². The largest absolute Gasteiger partial charge is 0.481 e. The number of rotatable bonds is 8. The summed E-state index contributed by atoms with van der Waals surface area (Å²) in [4.78, 5) is 26.4. The van der Waals surface area contributed by atoms with E-state index in [0.29, 0.717) is 24.5 Å². The van der Waals surface area contributed by atoms with Crippen molar-refractivity contribution in [1.29, 1.82) is 0 Å². The standard InChI is InChI=1S/C15H19NO5/c1-3-19-14(17)10-16-9-12-7-5-6-8-13(12)21-11-15(18)20-4-2/h5-9H,3-4,10-11H2,1-2H3. The fraction of sp³-hybridized carbons (Fsp3) is 0.400. The summed E-state index contributed by atoms with van der Waals surface area (Å²) in [5.41, 5.74) is 0.672. The lowest BCUT2D eigenvalue weighted by Gasteiger charge is -2.08. The smallest absolute Gasteiger partial charge is 0.344 e. The molecule has 0 heterocycles. The number of hydrogen-bond donors (Lipinski definition) is 0. The quantitative estimate of drug-likeness (QED) is 0.538. The van der Waals surface area contributed by atoms with Crippen molar-refractivity contribution >= 4 is 18.2 Å². The Bertz CT molecular complexity index is 499. The molecule has 0 amide bonds. The van der Waals surface area contributed by atoms with E-state index in [-0.39, 0.29) is 13.2 Å². The highest BCUT2D eigenvalue weighted by Crippen LogP contribution is 2.15. The monoisotopic (exact) mass is 293 g/mol. The third kappa shape index (κ3) is 6.56. The lowest BCUT2D eigenvalue weighted by Crippen LogP contribution is -2.15. The minimum atomic E-state index is -0.434. The summed E-state index contributed by atoms with van der Waals surface area (Å²) in [6.45, 7) is 3.88. The average Bonchev–Trinajstić information content (AvgIpc) is 2.47. The Morgan fingerprint density at radius 3 is 2.48 bits per heavy atom. The van der Waals surface area contributed by atoms with E-state index < -0.39 is 11.9 Å². The molecule has 0 aliphatic rings. The van der Waals surface area contributed by atoms with Gasteiger partial charge in [-0.05, 0) is 26.0 Å². The van der Waals surface area contributed by atoms with Crippen molar-refractivity contribution in [3.8, 4) is 5.75 Å². The number of esters is 2. The zero-order chi connectivity index (χ0) is 15.5. The van der Waals surface area contributed by atoms with Gasteiger partial charge in [-0.15, -0.1) is 0 Å². The van der Waals surface area contributed by atoms with Crippen LogP contribution < -0.4 is 4.74 Å². The minimum Gasteiger partial charge on any atom is -0.481 e. The van der Waals surface area contributed by atoms with Gasteiger partial charge in [0.1, 0.15) is 12.3 Å². The third-order valence-electron chi connectivity index (χ3n) is 2.33. The van der Waals surface area contributed by atoms with Crippen LogP contribution in [0.2, 0.25) is 0 Å². The number of nitrogens with zero attached hydrogens (tertiary/aromatic N) is 1. The molecule has 1 rings (SSSR count). The van der Waals surface area contributed by atoms with Crippen LogP contribution in [0.25, 0.3) is 0 Å². The number of benzene rings is 1. The van der Waals surface area contributed by atoms with Crippen LogP contribution in [0, 0.1) is 0 Å². The molecule has 0 spiro atoms. The Morgan fingerprint density at radius 1 is 1.10 bits per heavy atom. The molecule has 0 aliphatic heterocycles. The van der Waals surface area contributed by atoms with Crippen LogP contribution in [0.5, 0.6) is 5.75 Å². The van der Waals surface area contributed by atoms with Gasteiger partial charge in [-0.2, -0.15) is 0 Å². The van der Waals surface area contributed by atoms with Gasteiger partial charge in [-0.3, -0.25) is 9.79 Å². The van der Waals surface area contributed by atoms with Gasteiger partial charge < -0.3 is 14.2 Å². The summed E-state index contributed by atoms with van der Waals surface area (Å²) >= 11 is 0. The lowest BCUT2D eigenvalue weighted by atomic mass is 10.2. The zero-order valence-corrected chi connectivity index (χ0v) is 12.2. The van der Waals surface area contributed by atoms with Gasteiger partial charge >= 0.3 is 11.9 Å². The highest BCUT2D eigenvalue weighted by atomic mass is 16.6. The summed E-state index contributed by atoms with van der Waals surface area (Å²) in [6, 6.07) is 7.08. The molecule has 0 N–H and O–H groups in total. The van der Waals surface area contributed by atoms with Crippen molar-refractivity contribution in [2.24, 2.45) is 4.99 Å². The first kappa shape index (κ1) is 16.7. The van der Waals surface area contributed by atoms with Crippen LogP contribution in [0.3, 0.4) is 0 Å². The molecule has 0 bridgehead atoms. The second-order valence-electron chi connectivity index (χ2n) is 3.91. The maximum Gasteiger partial charge on any atom is 0.344 e. The maximum absolute atomic E-state index is 11.3. The van der Waals surface area contributed by atoms with E-state index >= 15 is 0 Å². The first-order valence-corrected chi connectivity index (χ1v) is 6.70. The Morgan fingerprint density at radius 2 is 1.76 bits per heavy atom. The van der Waals surface area contributed by atoms with E-state index in [2.05, 4.69) is 4.99 Å². The first-order valence-electron chi connectivity index (χ1n) is 6.70. The van der Waals surface area contributed by atoms with Crippen LogP contribution in [-0.4, -0.2) is 44.5 Å². The van der Waals surface area contributed by atoms with E-state index in [9.17, 15) is 9.59 Å². The topological polar surface area (TPSA) is 74.2 Å². The van der Waals surface area contributed by atoms with Gasteiger partial charge in [0.05, 0.1) is 13.2 Å². The second-order valence-corrected chi connectivity index (χ2v) is 3.91. The number of aliphatic imine (C=N–C) groups is 1. The molecule has 0 atom stereocenters. The first-order chi connectivity index (χ1) is 10.2. The van der Waals surface area contributed by atoms with Crippen LogP contribution >= 0.6 is 0 Å². The SMILES string of the molecule is CCOC(=O)CN=Cc1ccccc1OCC(=O)OCC. The zero-order valence-electron chi connectivity index (χ0n) is 12.2. The lowest BCUT2D eigenvalue weighted by molar-refractivity contribution is -0.145. The van der Waals surface area contributed by atoms with Gasteiger partial charge in [0.25, 0.3) is 0 Å². The van der Waals surface area contributed by atoms with Gasteiger partial charge in [-0.1, -0.05) is 12.1 Å². The van der Waals surface area contributed by atoms with E-state index in [1.807, 2.05) is 6.07 Å². The second kappa shape index (κ2) is 9.52. The Kier molecular flexibility index (Phi) is 7.56. The van der Waals surface area contributed by atoms with Gasteiger partial charge in [0.15, 0.2) is 6.61 Å².